The molecule has 34 heavy (non-hydrogen) atoms. The van der Waals surface area contributed by atoms with Crippen LogP contribution in [-0.4, -0.2) is 44.7 Å². The third kappa shape index (κ3) is 10.6. The van der Waals surface area contributed by atoms with E-state index in [1.165, 1.54) is 72.8 Å². The van der Waals surface area contributed by atoms with Crippen LogP contribution in [0.15, 0.2) is 72.8 Å². The van der Waals surface area contributed by atoms with Gasteiger partial charge in [0.15, 0.2) is 0 Å². The van der Waals surface area contributed by atoms with E-state index in [9.17, 15) is 13.7 Å². The van der Waals surface area contributed by atoms with Gasteiger partial charge in [-0.15, -0.1) is 0 Å². The second kappa shape index (κ2) is 13.3. The average Bonchev–Trinajstić information content (AvgIpc) is 2.67. The summed E-state index contributed by atoms with van der Waals surface area (Å²) in [5.41, 5.74) is 0. The summed E-state index contributed by atoms with van der Waals surface area (Å²) in [6, 6.07) is 16.1. The van der Waals surface area contributed by atoms with E-state index in [2.05, 4.69) is 0 Å². The molecule has 0 spiro atoms. The molecule has 0 bridgehead atoms. The Morgan fingerprint density at radius 3 is 0.706 bits per heavy atom. The maximum Gasteiger partial charge on any atom is 4.00 e. The summed E-state index contributed by atoms with van der Waals surface area (Å²) in [4.78, 5) is 51.7. The van der Waals surface area contributed by atoms with Crippen LogP contribution in [0, 0.1) is 0 Å². The van der Waals surface area contributed by atoms with Gasteiger partial charge in [-0.2, -0.15) is 0 Å². The number of hydrogen-bond acceptors (Lipinski definition) is 6. The Morgan fingerprint density at radius 2 is 0.588 bits per heavy atom. The van der Waals surface area contributed by atoms with Crippen LogP contribution in [0.4, 0.5) is 0 Å². The van der Waals surface area contributed by atoms with Crippen molar-refractivity contribution in [1.29, 1.82) is 0 Å². The van der Waals surface area contributed by atoms with Crippen LogP contribution in [0.25, 0.3) is 0 Å². The Bertz CT molecular complexity index is 1070. The van der Waals surface area contributed by atoms with Gasteiger partial charge in [0, 0.05) is 0 Å². The van der Waals surface area contributed by atoms with E-state index in [1.807, 2.05) is 0 Å². The van der Waals surface area contributed by atoms with Crippen LogP contribution in [-0.2, 0) is 33.8 Å². The minimum absolute atomic E-state index is 0. The third-order valence-electron chi connectivity index (χ3n) is 3.59. The third-order valence-corrected chi connectivity index (χ3v) is 6.60. The second-order valence-corrected chi connectivity index (χ2v) is 10.8. The average molecular weight is 620 g/mol. The monoisotopic (exact) mass is 619 g/mol. The van der Waals surface area contributed by atoms with Gasteiger partial charge in [-0.1, -0.05) is 36.4 Å². The molecule has 3 aromatic carbocycles. The van der Waals surface area contributed by atoms with E-state index in [1.54, 1.807) is 0 Å². The van der Waals surface area contributed by atoms with Crippen LogP contribution < -0.4 is 15.9 Å². The number of benzene rings is 3. The fourth-order valence-corrected chi connectivity index (χ4v) is 4.09. The summed E-state index contributed by atoms with van der Waals surface area (Å²) >= 11 is 0. The van der Waals surface area contributed by atoms with Crippen LogP contribution in [0.3, 0.4) is 0 Å². The minimum Gasteiger partial charge on any atom is -0.507 e. The molecule has 183 valence electrons. The number of para-hydroxylation sites is 3. The fraction of sp³-hybridized carbons (Fsp3) is 0. The molecule has 0 saturated carbocycles. The molecule has 9 N–H and O–H groups in total. The smallest absolute Gasteiger partial charge is 0.507 e. The molecule has 16 heteroatoms. The van der Waals surface area contributed by atoms with Gasteiger partial charge in [0.1, 0.15) is 33.2 Å². The van der Waals surface area contributed by atoms with E-state index >= 15 is 0 Å². The van der Waals surface area contributed by atoms with Crippen molar-refractivity contribution in [3.63, 3.8) is 0 Å². The molecule has 0 aliphatic heterocycles. The summed E-state index contributed by atoms with van der Waals surface area (Å²) in [6.07, 6.45) is 0. The van der Waals surface area contributed by atoms with Gasteiger partial charge in [-0.3, -0.25) is 13.7 Å². The molecule has 0 amide bonds. The van der Waals surface area contributed by atoms with Crippen molar-refractivity contribution >= 4 is 38.7 Å². The second-order valence-electron chi connectivity index (χ2n) is 6.10. The first-order valence-corrected chi connectivity index (χ1v) is 13.4. The minimum atomic E-state index is -4.31. The summed E-state index contributed by atoms with van der Waals surface area (Å²) in [6.45, 7) is 0. The zero-order valence-corrected chi connectivity index (χ0v) is 21.4. The molecule has 0 saturated heterocycles. The van der Waals surface area contributed by atoms with Crippen molar-refractivity contribution in [2.45, 2.75) is 0 Å². The normalized spacial score (nSPS) is 11.1. The van der Waals surface area contributed by atoms with E-state index in [0.29, 0.717) is 0 Å². The van der Waals surface area contributed by atoms with Crippen molar-refractivity contribution in [1.82, 2.24) is 0 Å². The molecular formula is C18H21O12P3Tc+4. The van der Waals surface area contributed by atoms with Crippen LogP contribution in [0.2, 0.25) is 0 Å². The number of aromatic hydroxyl groups is 3. The number of phenols is 3. The molecule has 0 aliphatic rings. The van der Waals surface area contributed by atoms with E-state index in [-0.39, 0.29) is 53.3 Å². The first-order chi connectivity index (χ1) is 15.0. The van der Waals surface area contributed by atoms with Gasteiger partial charge >= 0.3 is 42.9 Å². The zero-order chi connectivity index (χ0) is 25.4. The largest absolute Gasteiger partial charge is 4.00 e. The number of phenolic OH excluding ortho intramolecular Hbond substituents is 3. The molecular weight excluding hydrogens is 599 g/mol. The molecule has 1 radical (unpaired) electrons. The van der Waals surface area contributed by atoms with E-state index in [4.69, 9.17) is 44.7 Å². The summed E-state index contributed by atoms with van der Waals surface area (Å²) in [7, 11) is -12.9. The van der Waals surface area contributed by atoms with Crippen molar-refractivity contribution in [2.75, 3.05) is 0 Å². The number of rotatable bonds is 3. The van der Waals surface area contributed by atoms with E-state index < -0.39 is 22.8 Å². The number of hydrogen-bond donors (Lipinski definition) is 9. The molecule has 3 rings (SSSR count). The molecule has 3 aromatic rings. The Hall–Kier alpha value is -1.84. The van der Waals surface area contributed by atoms with Crippen molar-refractivity contribution in [2.24, 2.45) is 0 Å². The first-order valence-electron chi connectivity index (χ1n) is 8.57. The van der Waals surface area contributed by atoms with Crippen molar-refractivity contribution in [3.8, 4) is 17.2 Å². The standard InChI is InChI=1S/3C6H7O4P.Tc/c3*7-5-3-1-2-4-6(5)11(8,9)10;/h3*1-4,7H,(H2,8,9,10);/q;;;+4. The Morgan fingerprint density at radius 1 is 0.412 bits per heavy atom. The molecule has 0 fully saturated rings. The van der Waals surface area contributed by atoms with Gasteiger partial charge in [-0.25, -0.2) is 0 Å². The zero-order valence-electron chi connectivity index (χ0n) is 16.9. The molecule has 0 atom stereocenters. The van der Waals surface area contributed by atoms with Crippen LogP contribution >= 0.6 is 22.8 Å². The summed E-state index contributed by atoms with van der Waals surface area (Å²) < 4.78 is 31.8. The van der Waals surface area contributed by atoms with Crippen molar-refractivity contribution < 1.29 is 78.5 Å². The van der Waals surface area contributed by atoms with Gasteiger partial charge in [0.2, 0.25) is 0 Å². The van der Waals surface area contributed by atoms with Crippen LogP contribution in [0.1, 0.15) is 0 Å². The molecule has 0 heterocycles. The molecule has 0 unspecified atom stereocenters. The first kappa shape index (κ1) is 32.2. The van der Waals surface area contributed by atoms with Gasteiger partial charge in [0.05, 0.1) is 0 Å². The Labute approximate surface area is 207 Å². The predicted molar refractivity (Wildman–Crippen MR) is 119 cm³/mol. The maximum absolute atomic E-state index is 10.6. The SMILES string of the molecule is O=P(O)(O)c1ccccc1O.O=P(O)(O)c1ccccc1O.O=P(O)(O)c1ccccc1O.[Tc+4]. The maximum atomic E-state index is 10.6. The summed E-state index contributed by atoms with van der Waals surface area (Å²) in [5.74, 6) is -1.12. The topological polar surface area (TPSA) is 233 Å². The molecule has 12 nitrogen and oxygen atoms in total. The van der Waals surface area contributed by atoms with Crippen LogP contribution in [0.5, 0.6) is 17.2 Å². The molecule has 0 aliphatic carbocycles. The van der Waals surface area contributed by atoms with Gasteiger partial charge in [-0.05, 0) is 36.4 Å². The van der Waals surface area contributed by atoms with Gasteiger partial charge < -0.3 is 44.7 Å². The predicted octanol–water partition coefficient (Wildman–Crippen LogP) is 0.583. The molecule has 0 aromatic heterocycles. The Balaban J connectivity index is 0.000000473. The van der Waals surface area contributed by atoms with Gasteiger partial charge in [0.25, 0.3) is 0 Å². The quantitative estimate of drug-likeness (QED) is 0.183. The fourth-order valence-electron chi connectivity index (χ4n) is 2.13. The Kier molecular flexibility index (Phi) is 12.6. The van der Waals surface area contributed by atoms with Crippen molar-refractivity contribution in [3.05, 3.63) is 72.8 Å². The summed E-state index contributed by atoms with van der Waals surface area (Å²) in [5, 5.41) is 25.9. The van der Waals surface area contributed by atoms with E-state index in [0.717, 1.165) is 0 Å².